The van der Waals surface area contributed by atoms with Crippen molar-refractivity contribution in [2.24, 2.45) is 0 Å². The summed E-state index contributed by atoms with van der Waals surface area (Å²) in [6, 6.07) is 8.10. The van der Waals surface area contributed by atoms with Crippen molar-refractivity contribution in [1.29, 1.82) is 0 Å². The van der Waals surface area contributed by atoms with E-state index in [1.165, 1.54) is 18.4 Å². The molecule has 0 aromatic heterocycles. The molecule has 0 bridgehead atoms. The SMILES string of the molecule is CCCCCc1ccccc1C(Cl)CCC(=O)O. The van der Waals surface area contributed by atoms with Crippen LogP contribution in [-0.2, 0) is 11.2 Å². The summed E-state index contributed by atoms with van der Waals surface area (Å²) in [4.78, 5) is 10.6. The van der Waals surface area contributed by atoms with E-state index in [-0.39, 0.29) is 11.8 Å². The first-order valence-corrected chi connectivity index (χ1v) is 7.02. The molecule has 3 heteroatoms. The summed E-state index contributed by atoms with van der Waals surface area (Å²) in [6.07, 6.45) is 5.22. The maximum atomic E-state index is 10.6. The molecule has 0 saturated carbocycles. The Kier molecular flexibility index (Phi) is 6.81. The van der Waals surface area contributed by atoms with Crippen molar-refractivity contribution >= 4 is 17.6 Å². The van der Waals surface area contributed by atoms with Crippen LogP contribution < -0.4 is 0 Å². The first kappa shape index (κ1) is 15.0. The summed E-state index contributed by atoms with van der Waals surface area (Å²) in [6.45, 7) is 2.18. The average molecular weight is 269 g/mol. The predicted octanol–water partition coefficient (Wildman–Crippen LogP) is 4.56. The Balaban J connectivity index is 2.64. The van der Waals surface area contributed by atoms with Crippen LogP contribution in [0.2, 0.25) is 0 Å². The van der Waals surface area contributed by atoms with Gasteiger partial charge in [0.2, 0.25) is 0 Å². The van der Waals surface area contributed by atoms with Crippen LogP contribution in [0.1, 0.15) is 55.5 Å². The fourth-order valence-corrected chi connectivity index (χ4v) is 2.36. The number of hydrogen-bond donors (Lipinski definition) is 1. The number of aryl methyl sites for hydroxylation is 1. The summed E-state index contributed by atoms with van der Waals surface area (Å²) in [5.41, 5.74) is 2.35. The molecule has 1 atom stereocenters. The largest absolute Gasteiger partial charge is 0.481 e. The van der Waals surface area contributed by atoms with Crippen molar-refractivity contribution in [3.8, 4) is 0 Å². The fourth-order valence-electron chi connectivity index (χ4n) is 2.04. The van der Waals surface area contributed by atoms with Crippen LogP contribution >= 0.6 is 11.6 Å². The standard InChI is InChI=1S/C15H21ClO2/c1-2-3-4-7-12-8-5-6-9-13(12)14(16)10-11-15(17)18/h5-6,8-9,14H,2-4,7,10-11H2,1H3,(H,17,18). The topological polar surface area (TPSA) is 37.3 Å². The van der Waals surface area contributed by atoms with Crippen molar-refractivity contribution < 1.29 is 9.90 Å². The quantitative estimate of drug-likeness (QED) is 0.554. The molecule has 0 heterocycles. The lowest BCUT2D eigenvalue weighted by Gasteiger charge is -2.14. The van der Waals surface area contributed by atoms with Crippen LogP contribution in [-0.4, -0.2) is 11.1 Å². The van der Waals surface area contributed by atoms with Crippen molar-refractivity contribution in [2.75, 3.05) is 0 Å². The summed E-state index contributed by atoms with van der Waals surface area (Å²) in [7, 11) is 0. The van der Waals surface area contributed by atoms with Crippen LogP contribution in [0.3, 0.4) is 0 Å². The highest BCUT2D eigenvalue weighted by atomic mass is 35.5. The first-order valence-electron chi connectivity index (χ1n) is 6.58. The highest BCUT2D eigenvalue weighted by Gasteiger charge is 2.13. The van der Waals surface area contributed by atoms with E-state index in [1.54, 1.807) is 0 Å². The van der Waals surface area contributed by atoms with Gasteiger partial charge in [-0.25, -0.2) is 0 Å². The molecule has 0 spiro atoms. The lowest BCUT2D eigenvalue weighted by Crippen LogP contribution is -2.01. The molecule has 0 saturated heterocycles. The van der Waals surface area contributed by atoms with E-state index >= 15 is 0 Å². The Hall–Kier alpha value is -1.02. The Labute approximate surface area is 114 Å². The number of benzene rings is 1. The van der Waals surface area contributed by atoms with E-state index in [4.69, 9.17) is 16.7 Å². The number of halogens is 1. The minimum Gasteiger partial charge on any atom is -0.481 e. The van der Waals surface area contributed by atoms with E-state index in [9.17, 15) is 4.79 Å². The van der Waals surface area contributed by atoms with Gasteiger partial charge in [-0.2, -0.15) is 0 Å². The molecule has 1 unspecified atom stereocenters. The number of aliphatic carboxylic acids is 1. The van der Waals surface area contributed by atoms with E-state index in [2.05, 4.69) is 13.0 Å². The number of carbonyl (C=O) groups is 1. The zero-order valence-electron chi connectivity index (χ0n) is 10.9. The molecule has 0 radical (unpaired) electrons. The molecule has 100 valence electrons. The highest BCUT2D eigenvalue weighted by Crippen LogP contribution is 2.29. The third kappa shape index (κ3) is 5.09. The van der Waals surface area contributed by atoms with E-state index in [0.29, 0.717) is 6.42 Å². The smallest absolute Gasteiger partial charge is 0.303 e. The summed E-state index contributed by atoms with van der Waals surface area (Å²) < 4.78 is 0. The molecular formula is C15H21ClO2. The molecule has 2 nitrogen and oxygen atoms in total. The number of carboxylic acids is 1. The monoisotopic (exact) mass is 268 g/mol. The maximum Gasteiger partial charge on any atom is 0.303 e. The van der Waals surface area contributed by atoms with Gasteiger partial charge in [-0.3, -0.25) is 4.79 Å². The van der Waals surface area contributed by atoms with E-state index < -0.39 is 5.97 Å². The second-order valence-electron chi connectivity index (χ2n) is 4.56. The molecule has 1 aromatic rings. The Morgan fingerprint density at radius 2 is 2.06 bits per heavy atom. The molecule has 18 heavy (non-hydrogen) atoms. The van der Waals surface area contributed by atoms with Crippen LogP contribution in [0.5, 0.6) is 0 Å². The van der Waals surface area contributed by atoms with Crippen LogP contribution in [0.15, 0.2) is 24.3 Å². The Morgan fingerprint density at radius 3 is 2.72 bits per heavy atom. The molecule has 1 rings (SSSR count). The van der Waals surface area contributed by atoms with Gasteiger partial charge in [0.05, 0.1) is 5.38 Å². The van der Waals surface area contributed by atoms with Crippen molar-refractivity contribution in [1.82, 2.24) is 0 Å². The minimum atomic E-state index is -0.788. The van der Waals surface area contributed by atoms with Crippen molar-refractivity contribution in [2.45, 2.75) is 50.8 Å². The van der Waals surface area contributed by atoms with Gasteiger partial charge in [0.15, 0.2) is 0 Å². The third-order valence-electron chi connectivity index (χ3n) is 3.05. The molecule has 0 aliphatic rings. The fraction of sp³-hybridized carbons (Fsp3) is 0.533. The van der Waals surface area contributed by atoms with Gasteiger partial charge < -0.3 is 5.11 Å². The van der Waals surface area contributed by atoms with Gasteiger partial charge in [-0.05, 0) is 30.4 Å². The molecule has 0 amide bonds. The number of unbranched alkanes of at least 4 members (excludes halogenated alkanes) is 2. The van der Waals surface area contributed by atoms with Crippen LogP contribution in [0, 0.1) is 0 Å². The molecule has 1 N–H and O–H groups in total. The lowest BCUT2D eigenvalue weighted by molar-refractivity contribution is -0.137. The minimum absolute atomic E-state index is 0.122. The van der Waals surface area contributed by atoms with Gasteiger partial charge in [-0.1, -0.05) is 44.0 Å². The summed E-state index contributed by atoms with van der Waals surface area (Å²) in [5.74, 6) is -0.788. The van der Waals surface area contributed by atoms with E-state index in [1.807, 2.05) is 18.2 Å². The van der Waals surface area contributed by atoms with Crippen LogP contribution in [0.4, 0.5) is 0 Å². The molecule has 0 aliphatic heterocycles. The molecular weight excluding hydrogens is 248 g/mol. The lowest BCUT2D eigenvalue weighted by atomic mass is 9.97. The molecule has 0 aliphatic carbocycles. The van der Waals surface area contributed by atoms with Crippen molar-refractivity contribution in [3.63, 3.8) is 0 Å². The average Bonchev–Trinajstić information content (AvgIpc) is 2.37. The highest BCUT2D eigenvalue weighted by molar-refractivity contribution is 6.21. The van der Waals surface area contributed by atoms with Gasteiger partial charge in [0.1, 0.15) is 0 Å². The zero-order chi connectivity index (χ0) is 13.4. The van der Waals surface area contributed by atoms with Crippen LogP contribution in [0.25, 0.3) is 0 Å². The second-order valence-corrected chi connectivity index (χ2v) is 5.08. The Morgan fingerprint density at radius 1 is 1.33 bits per heavy atom. The Bertz CT molecular complexity index is 377. The summed E-state index contributed by atoms with van der Waals surface area (Å²) >= 11 is 6.30. The predicted molar refractivity (Wildman–Crippen MR) is 75.1 cm³/mol. The number of hydrogen-bond acceptors (Lipinski definition) is 1. The molecule has 0 fully saturated rings. The maximum absolute atomic E-state index is 10.6. The first-order chi connectivity index (χ1) is 8.65. The number of alkyl halides is 1. The second kappa shape index (κ2) is 8.15. The van der Waals surface area contributed by atoms with Gasteiger partial charge in [0.25, 0.3) is 0 Å². The normalized spacial score (nSPS) is 12.3. The number of carboxylic acid groups (broad SMARTS) is 1. The van der Waals surface area contributed by atoms with Gasteiger partial charge >= 0.3 is 5.97 Å². The number of rotatable bonds is 8. The zero-order valence-corrected chi connectivity index (χ0v) is 11.6. The van der Waals surface area contributed by atoms with Crippen molar-refractivity contribution in [3.05, 3.63) is 35.4 Å². The molecule has 1 aromatic carbocycles. The van der Waals surface area contributed by atoms with Gasteiger partial charge in [0, 0.05) is 6.42 Å². The summed E-state index contributed by atoms with van der Waals surface area (Å²) in [5, 5.41) is 8.50. The van der Waals surface area contributed by atoms with E-state index in [0.717, 1.165) is 18.4 Å². The van der Waals surface area contributed by atoms with Gasteiger partial charge in [-0.15, -0.1) is 11.6 Å². The third-order valence-corrected chi connectivity index (χ3v) is 3.51.